The van der Waals surface area contributed by atoms with Gasteiger partial charge in [0, 0.05) is 17.1 Å². The summed E-state index contributed by atoms with van der Waals surface area (Å²) in [7, 11) is 0. The van der Waals surface area contributed by atoms with Gasteiger partial charge in [-0.3, -0.25) is 0 Å². The van der Waals surface area contributed by atoms with E-state index < -0.39 is 0 Å². The first-order valence-corrected chi connectivity index (χ1v) is 9.46. The Balaban J connectivity index is 1.82. The van der Waals surface area contributed by atoms with E-state index in [0.29, 0.717) is 11.4 Å². The normalized spacial score (nSPS) is 11.7. The summed E-state index contributed by atoms with van der Waals surface area (Å²) in [6.45, 7) is 6.37. The Morgan fingerprint density at radius 3 is 2.64 bits per heavy atom. The molecule has 0 saturated carbocycles. The molecule has 0 amide bonds. The molecule has 2 aromatic carbocycles. The minimum Gasteiger partial charge on any atom is -0.337 e. The van der Waals surface area contributed by atoms with Gasteiger partial charge in [0.1, 0.15) is 11.9 Å². The number of aromatic nitrogens is 3. The number of hydrogen-bond donors (Lipinski definition) is 1. The number of imidazole rings is 1. The van der Waals surface area contributed by atoms with Crippen LogP contribution in [0.3, 0.4) is 0 Å². The molecular formula is C24H22N4. The number of aromatic amines is 1. The summed E-state index contributed by atoms with van der Waals surface area (Å²) in [4.78, 5) is 7.82. The molecule has 0 radical (unpaired) electrons. The number of rotatable bonds is 4. The topological polar surface area (TPSA) is 57.4 Å². The Labute approximate surface area is 164 Å². The average molecular weight is 366 g/mol. The summed E-state index contributed by atoms with van der Waals surface area (Å²) >= 11 is 0. The largest absolute Gasteiger partial charge is 0.337 e. The standard InChI is InChI=1S/C24H22N4/c1-4-18-9-5-8-12-23(18)28-16(2)13-19(17(28)3)14-20(15-25)24-26-21-10-6-7-11-22(21)27-24/h5-14H,4H2,1-3H3,(H,26,27)/b20-14+. The lowest BCUT2D eigenvalue weighted by atomic mass is 10.1. The van der Waals surface area contributed by atoms with Crippen LogP contribution < -0.4 is 0 Å². The molecule has 4 nitrogen and oxygen atoms in total. The van der Waals surface area contributed by atoms with E-state index in [1.54, 1.807) is 0 Å². The maximum Gasteiger partial charge on any atom is 0.149 e. The number of fused-ring (bicyclic) bond motifs is 1. The molecule has 4 aromatic rings. The van der Waals surface area contributed by atoms with E-state index in [4.69, 9.17) is 0 Å². The molecule has 0 aliphatic carbocycles. The summed E-state index contributed by atoms with van der Waals surface area (Å²) in [5, 5.41) is 9.75. The molecule has 0 saturated heterocycles. The molecule has 0 fully saturated rings. The fourth-order valence-corrected chi connectivity index (χ4v) is 3.72. The van der Waals surface area contributed by atoms with Crippen molar-refractivity contribution >= 4 is 22.7 Å². The van der Waals surface area contributed by atoms with Crippen molar-refractivity contribution in [2.45, 2.75) is 27.2 Å². The zero-order chi connectivity index (χ0) is 19.7. The highest BCUT2D eigenvalue weighted by atomic mass is 15.0. The van der Waals surface area contributed by atoms with Gasteiger partial charge >= 0.3 is 0 Å². The molecule has 4 heteroatoms. The summed E-state index contributed by atoms with van der Waals surface area (Å²) in [5.41, 5.74) is 8.11. The van der Waals surface area contributed by atoms with Crippen LogP contribution in [0.4, 0.5) is 0 Å². The number of hydrogen-bond acceptors (Lipinski definition) is 2. The Morgan fingerprint density at radius 1 is 1.14 bits per heavy atom. The monoisotopic (exact) mass is 366 g/mol. The highest BCUT2D eigenvalue weighted by molar-refractivity contribution is 5.90. The van der Waals surface area contributed by atoms with Crippen molar-refractivity contribution in [1.29, 1.82) is 5.26 Å². The van der Waals surface area contributed by atoms with E-state index in [1.165, 1.54) is 11.3 Å². The van der Waals surface area contributed by atoms with E-state index in [0.717, 1.165) is 34.4 Å². The summed E-state index contributed by atoms with van der Waals surface area (Å²) in [6, 6.07) is 20.7. The number of aryl methyl sites for hydroxylation is 2. The number of benzene rings is 2. The number of nitrogens with one attached hydrogen (secondary N) is 1. The highest BCUT2D eigenvalue weighted by Crippen LogP contribution is 2.27. The van der Waals surface area contributed by atoms with Crippen LogP contribution in [0.25, 0.3) is 28.4 Å². The van der Waals surface area contributed by atoms with Crippen LogP contribution in [-0.4, -0.2) is 14.5 Å². The number of allylic oxidation sites excluding steroid dienone is 1. The van der Waals surface area contributed by atoms with Gasteiger partial charge in [0.05, 0.1) is 16.6 Å². The molecule has 28 heavy (non-hydrogen) atoms. The van der Waals surface area contributed by atoms with Crippen LogP contribution >= 0.6 is 0 Å². The minimum absolute atomic E-state index is 0.528. The molecule has 0 unspecified atom stereocenters. The van der Waals surface area contributed by atoms with Crippen LogP contribution in [0, 0.1) is 25.2 Å². The second-order valence-electron chi connectivity index (χ2n) is 6.92. The van der Waals surface area contributed by atoms with Crippen LogP contribution in [0.15, 0.2) is 54.6 Å². The molecule has 1 N–H and O–H groups in total. The van der Waals surface area contributed by atoms with E-state index >= 15 is 0 Å². The average Bonchev–Trinajstić information content (AvgIpc) is 3.26. The lowest BCUT2D eigenvalue weighted by molar-refractivity contribution is 0.936. The lowest BCUT2D eigenvalue weighted by Gasteiger charge is -2.14. The van der Waals surface area contributed by atoms with Gasteiger partial charge in [-0.1, -0.05) is 37.3 Å². The van der Waals surface area contributed by atoms with E-state index in [9.17, 15) is 5.26 Å². The molecule has 0 aliphatic heterocycles. The number of nitriles is 1. The molecule has 2 aromatic heterocycles. The van der Waals surface area contributed by atoms with Gasteiger partial charge in [-0.25, -0.2) is 4.98 Å². The summed E-state index contributed by atoms with van der Waals surface area (Å²) in [5.74, 6) is 0.600. The van der Waals surface area contributed by atoms with Gasteiger partial charge in [-0.05, 0) is 61.7 Å². The van der Waals surface area contributed by atoms with E-state index in [-0.39, 0.29) is 0 Å². The molecule has 4 rings (SSSR count). The molecule has 0 bridgehead atoms. The SMILES string of the molecule is CCc1ccccc1-n1c(C)cc(/C=C(\C#N)c2nc3ccccc3[nH]2)c1C. The molecule has 2 heterocycles. The van der Waals surface area contributed by atoms with E-state index in [2.05, 4.69) is 71.7 Å². The smallest absolute Gasteiger partial charge is 0.149 e. The van der Waals surface area contributed by atoms with Gasteiger partial charge in [-0.15, -0.1) is 0 Å². The van der Waals surface area contributed by atoms with Crippen molar-refractivity contribution in [1.82, 2.24) is 14.5 Å². The Bertz CT molecular complexity index is 1200. The molecule has 0 atom stereocenters. The fourth-order valence-electron chi connectivity index (χ4n) is 3.72. The van der Waals surface area contributed by atoms with Crippen molar-refractivity contribution in [2.75, 3.05) is 0 Å². The molecular weight excluding hydrogens is 344 g/mol. The highest BCUT2D eigenvalue weighted by Gasteiger charge is 2.14. The van der Waals surface area contributed by atoms with Crippen molar-refractivity contribution in [2.24, 2.45) is 0 Å². The molecule has 0 spiro atoms. The van der Waals surface area contributed by atoms with Crippen molar-refractivity contribution in [3.63, 3.8) is 0 Å². The second kappa shape index (κ2) is 7.21. The van der Waals surface area contributed by atoms with Crippen LogP contribution in [0.2, 0.25) is 0 Å². The summed E-state index contributed by atoms with van der Waals surface area (Å²) in [6.07, 6.45) is 2.89. The number of nitrogens with zero attached hydrogens (tertiary/aromatic N) is 3. The molecule has 138 valence electrons. The van der Waals surface area contributed by atoms with Crippen LogP contribution in [0.5, 0.6) is 0 Å². The third kappa shape index (κ3) is 3.01. The number of H-pyrrole nitrogens is 1. The summed E-state index contributed by atoms with van der Waals surface area (Å²) < 4.78 is 2.26. The van der Waals surface area contributed by atoms with Crippen molar-refractivity contribution < 1.29 is 0 Å². The maximum atomic E-state index is 9.75. The van der Waals surface area contributed by atoms with Gasteiger partial charge in [0.15, 0.2) is 0 Å². The van der Waals surface area contributed by atoms with Gasteiger partial charge < -0.3 is 9.55 Å². The fraction of sp³-hybridized carbons (Fsp3) is 0.167. The van der Waals surface area contributed by atoms with Crippen LogP contribution in [-0.2, 0) is 6.42 Å². The third-order valence-corrected chi connectivity index (χ3v) is 5.15. The first-order valence-electron chi connectivity index (χ1n) is 9.46. The quantitative estimate of drug-likeness (QED) is 0.478. The van der Waals surface area contributed by atoms with Gasteiger partial charge in [0.2, 0.25) is 0 Å². The first kappa shape index (κ1) is 17.8. The predicted molar refractivity (Wildman–Crippen MR) is 114 cm³/mol. The van der Waals surface area contributed by atoms with Crippen LogP contribution in [0.1, 0.15) is 35.3 Å². The maximum absolute atomic E-state index is 9.75. The zero-order valence-electron chi connectivity index (χ0n) is 16.3. The Kier molecular flexibility index (Phi) is 4.58. The number of para-hydroxylation sites is 3. The minimum atomic E-state index is 0.528. The van der Waals surface area contributed by atoms with Gasteiger partial charge in [0.25, 0.3) is 0 Å². The van der Waals surface area contributed by atoms with Crippen molar-refractivity contribution in [3.05, 3.63) is 82.9 Å². The Hall–Kier alpha value is -3.58. The van der Waals surface area contributed by atoms with Crippen molar-refractivity contribution in [3.8, 4) is 11.8 Å². The predicted octanol–water partition coefficient (Wildman–Crippen LogP) is 5.60. The zero-order valence-corrected chi connectivity index (χ0v) is 16.3. The van der Waals surface area contributed by atoms with Gasteiger partial charge in [-0.2, -0.15) is 5.26 Å². The third-order valence-electron chi connectivity index (χ3n) is 5.15. The molecule has 0 aliphatic rings. The second-order valence-corrected chi connectivity index (χ2v) is 6.92. The van der Waals surface area contributed by atoms with E-state index in [1.807, 2.05) is 30.3 Å². The lowest BCUT2D eigenvalue weighted by Crippen LogP contribution is -2.02. The Morgan fingerprint density at radius 2 is 1.89 bits per heavy atom. The first-order chi connectivity index (χ1) is 13.6.